The highest BCUT2D eigenvalue weighted by Gasteiger charge is 2.32. The first kappa shape index (κ1) is 17.7. The normalized spacial score (nSPS) is 21.0. The first-order chi connectivity index (χ1) is 10.8. The van der Waals surface area contributed by atoms with E-state index >= 15 is 0 Å². The molecule has 8 heteroatoms. The highest BCUT2D eigenvalue weighted by atomic mass is 35.5. The molecule has 1 aliphatic rings. The summed E-state index contributed by atoms with van der Waals surface area (Å²) < 4.78 is 5.05. The van der Waals surface area contributed by atoms with Crippen LogP contribution in [0, 0.1) is 11.8 Å². The number of likely N-dealkylation sites (tertiary alicyclic amines) is 1. The van der Waals surface area contributed by atoms with E-state index in [1.807, 2.05) is 6.92 Å². The molecule has 1 aromatic carbocycles. The number of carbonyl (C=O) groups is 2. The molecule has 6 nitrogen and oxygen atoms in total. The molecular formula is C15H18Cl2N2O4. The zero-order valence-corrected chi connectivity index (χ0v) is 14.3. The predicted molar refractivity (Wildman–Crippen MR) is 88.5 cm³/mol. The molecule has 0 saturated carbocycles. The van der Waals surface area contributed by atoms with E-state index in [4.69, 9.17) is 33.0 Å². The lowest BCUT2D eigenvalue weighted by atomic mass is 9.91. The third-order valence-corrected chi connectivity index (χ3v) is 4.31. The first-order valence-corrected chi connectivity index (χ1v) is 7.89. The molecule has 1 aliphatic heterocycles. The van der Waals surface area contributed by atoms with Crippen molar-refractivity contribution in [3.63, 3.8) is 0 Å². The maximum Gasteiger partial charge on any atom is 0.321 e. The zero-order chi connectivity index (χ0) is 17.1. The molecule has 2 rings (SSSR count). The van der Waals surface area contributed by atoms with Gasteiger partial charge in [0.1, 0.15) is 0 Å². The Kier molecular flexibility index (Phi) is 5.59. The number of anilines is 1. The average molecular weight is 361 g/mol. The lowest BCUT2D eigenvalue weighted by Crippen LogP contribution is -2.47. The number of methoxy groups -OCH3 is 1. The molecule has 23 heavy (non-hydrogen) atoms. The number of ether oxygens (including phenoxy) is 1. The lowest BCUT2D eigenvalue weighted by Gasteiger charge is -2.34. The minimum Gasteiger partial charge on any atom is -0.494 e. The van der Waals surface area contributed by atoms with Crippen molar-refractivity contribution < 1.29 is 19.4 Å². The minimum atomic E-state index is -0.884. The Bertz CT molecular complexity index is 600. The molecule has 0 spiro atoms. The van der Waals surface area contributed by atoms with E-state index in [0.717, 1.165) is 0 Å². The Morgan fingerprint density at radius 2 is 1.91 bits per heavy atom. The molecule has 2 amide bonds. The van der Waals surface area contributed by atoms with Gasteiger partial charge in [0.2, 0.25) is 0 Å². The first-order valence-electron chi connectivity index (χ1n) is 7.13. The van der Waals surface area contributed by atoms with Crippen LogP contribution in [0.5, 0.6) is 5.75 Å². The maximum absolute atomic E-state index is 12.4. The molecule has 2 atom stereocenters. The van der Waals surface area contributed by atoms with E-state index in [9.17, 15) is 9.59 Å². The summed E-state index contributed by atoms with van der Waals surface area (Å²) in [6.45, 7) is 2.62. The molecule has 1 aromatic rings. The van der Waals surface area contributed by atoms with Crippen molar-refractivity contribution in [1.82, 2.24) is 4.90 Å². The third-order valence-electron chi connectivity index (χ3n) is 3.75. The summed E-state index contributed by atoms with van der Waals surface area (Å²) in [7, 11) is 1.45. The number of halogens is 2. The lowest BCUT2D eigenvalue weighted by molar-refractivity contribution is -0.143. The molecule has 0 radical (unpaired) electrons. The van der Waals surface area contributed by atoms with Gasteiger partial charge in [-0.2, -0.15) is 0 Å². The Hall–Kier alpha value is -1.66. The zero-order valence-electron chi connectivity index (χ0n) is 12.8. The van der Waals surface area contributed by atoms with E-state index in [0.29, 0.717) is 24.4 Å². The number of nitrogens with one attached hydrogen (secondary N) is 1. The van der Waals surface area contributed by atoms with Crippen molar-refractivity contribution in [1.29, 1.82) is 0 Å². The van der Waals surface area contributed by atoms with Gasteiger partial charge in [0.05, 0.1) is 23.1 Å². The molecule has 2 unspecified atom stereocenters. The molecule has 126 valence electrons. The van der Waals surface area contributed by atoms with Gasteiger partial charge in [0, 0.05) is 18.8 Å². The fourth-order valence-corrected chi connectivity index (χ4v) is 3.37. The van der Waals surface area contributed by atoms with Crippen molar-refractivity contribution >= 4 is 40.9 Å². The molecule has 0 aliphatic carbocycles. The van der Waals surface area contributed by atoms with Gasteiger partial charge in [-0.1, -0.05) is 30.1 Å². The Morgan fingerprint density at radius 1 is 1.30 bits per heavy atom. The molecule has 0 bridgehead atoms. The van der Waals surface area contributed by atoms with Crippen LogP contribution in [0.15, 0.2) is 12.1 Å². The number of amides is 2. The molecule has 1 heterocycles. The Morgan fingerprint density at radius 3 is 2.43 bits per heavy atom. The van der Waals surface area contributed by atoms with Gasteiger partial charge >= 0.3 is 12.0 Å². The summed E-state index contributed by atoms with van der Waals surface area (Å²) in [5.74, 6) is -0.972. The van der Waals surface area contributed by atoms with Crippen LogP contribution in [0.2, 0.25) is 10.0 Å². The number of benzene rings is 1. The second-order valence-corrected chi connectivity index (χ2v) is 6.50. The van der Waals surface area contributed by atoms with Gasteiger partial charge < -0.3 is 20.1 Å². The van der Waals surface area contributed by atoms with Gasteiger partial charge in [-0.25, -0.2) is 4.79 Å². The summed E-state index contributed by atoms with van der Waals surface area (Å²) in [4.78, 5) is 25.0. The monoisotopic (exact) mass is 360 g/mol. The van der Waals surface area contributed by atoms with E-state index in [-0.39, 0.29) is 28.5 Å². The number of aliphatic carboxylic acids is 1. The van der Waals surface area contributed by atoms with Crippen LogP contribution < -0.4 is 10.1 Å². The van der Waals surface area contributed by atoms with Crippen LogP contribution in [-0.2, 0) is 4.79 Å². The second kappa shape index (κ2) is 7.27. The van der Waals surface area contributed by atoms with Gasteiger partial charge in [0.15, 0.2) is 5.75 Å². The molecular weight excluding hydrogens is 343 g/mol. The molecule has 2 N–H and O–H groups in total. The van der Waals surface area contributed by atoms with Crippen molar-refractivity contribution in [2.45, 2.75) is 13.3 Å². The smallest absolute Gasteiger partial charge is 0.321 e. The predicted octanol–water partition coefficient (Wildman–Crippen LogP) is 3.58. The van der Waals surface area contributed by atoms with E-state index in [2.05, 4.69) is 5.32 Å². The summed E-state index contributed by atoms with van der Waals surface area (Å²) in [5, 5.41) is 12.4. The van der Waals surface area contributed by atoms with Crippen molar-refractivity contribution in [2.24, 2.45) is 11.8 Å². The quantitative estimate of drug-likeness (QED) is 0.863. The van der Waals surface area contributed by atoms with E-state index in [1.165, 1.54) is 24.1 Å². The summed E-state index contributed by atoms with van der Waals surface area (Å²) in [6, 6.07) is 2.69. The van der Waals surface area contributed by atoms with Crippen molar-refractivity contribution in [3.05, 3.63) is 22.2 Å². The molecule has 0 aromatic heterocycles. The number of piperidine rings is 1. The number of carboxylic acids is 1. The second-order valence-electron chi connectivity index (χ2n) is 5.68. The highest BCUT2D eigenvalue weighted by molar-refractivity contribution is 6.37. The van der Waals surface area contributed by atoms with Crippen molar-refractivity contribution in [3.8, 4) is 5.75 Å². The Balaban J connectivity index is 2.11. The fourth-order valence-electron chi connectivity index (χ4n) is 2.73. The number of hydrogen-bond acceptors (Lipinski definition) is 3. The summed E-state index contributed by atoms with van der Waals surface area (Å²) in [5.41, 5.74) is 0.427. The number of rotatable bonds is 3. The van der Waals surface area contributed by atoms with Crippen molar-refractivity contribution in [2.75, 3.05) is 25.5 Å². The molecule has 1 fully saturated rings. The standard InChI is InChI=1S/C15H18Cl2N2O4/c1-8-3-9(14(20)21)7-19(6-8)15(22)18-10-4-11(16)13(23-2)12(17)5-10/h4-5,8-9H,3,6-7H2,1-2H3,(H,18,22)(H,20,21). The summed E-state index contributed by atoms with van der Waals surface area (Å²) >= 11 is 12.1. The number of nitrogens with zero attached hydrogens (tertiary/aromatic N) is 1. The number of carboxylic acid groups (broad SMARTS) is 1. The number of carbonyl (C=O) groups excluding carboxylic acids is 1. The third kappa shape index (κ3) is 4.20. The van der Waals surface area contributed by atoms with E-state index < -0.39 is 11.9 Å². The van der Waals surface area contributed by atoms with Crippen LogP contribution >= 0.6 is 23.2 Å². The van der Waals surface area contributed by atoms with Gasteiger partial charge in [-0.05, 0) is 24.5 Å². The van der Waals surface area contributed by atoms with Gasteiger partial charge in [-0.3, -0.25) is 4.79 Å². The Labute approximate surface area is 144 Å². The topological polar surface area (TPSA) is 78.9 Å². The van der Waals surface area contributed by atoms with Gasteiger partial charge in [0.25, 0.3) is 0 Å². The highest BCUT2D eigenvalue weighted by Crippen LogP contribution is 2.35. The van der Waals surface area contributed by atoms with Gasteiger partial charge in [-0.15, -0.1) is 0 Å². The van der Waals surface area contributed by atoms with Crippen LogP contribution in [-0.4, -0.2) is 42.2 Å². The number of hydrogen-bond donors (Lipinski definition) is 2. The summed E-state index contributed by atoms with van der Waals surface area (Å²) in [6.07, 6.45) is 0.569. The van der Waals surface area contributed by atoms with Crippen LogP contribution in [0.1, 0.15) is 13.3 Å². The van der Waals surface area contributed by atoms with E-state index in [1.54, 1.807) is 0 Å². The maximum atomic E-state index is 12.4. The average Bonchev–Trinajstić information content (AvgIpc) is 2.46. The van der Waals surface area contributed by atoms with Crippen LogP contribution in [0.3, 0.4) is 0 Å². The number of urea groups is 1. The van der Waals surface area contributed by atoms with Crippen LogP contribution in [0.25, 0.3) is 0 Å². The minimum absolute atomic E-state index is 0.124. The SMILES string of the molecule is COc1c(Cl)cc(NC(=O)N2CC(C)CC(C(=O)O)C2)cc1Cl. The van der Waals surface area contributed by atoms with Crippen LogP contribution in [0.4, 0.5) is 10.5 Å². The fraction of sp³-hybridized carbons (Fsp3) is 0.467. The largest absolute Gasteiger partial charge is 0.494 e. The molecule has 1 saturated heterocycles.